The summed E-state index contributed by atoms with van der Waals surface area (Å²) in [5.41, 5.74) is 5.28. The van der Waals surface area contributed by atoms with E-state index < -0.39 is 0 Å². The van der Waals surface area contributed by atoms with Crippen LogP contribution >= 0.6 is 0 Å². The molecule has 29 heavy (non-hydrogen) atoms. The van der Waals surface area contributed by atoms with Gasteiger partial charge in [-0.25, -0.2) is 9.50 Å². The van der Waals surface area contributed by atoms with E-state index >= 15 is 0 Å². The van der Waals surface area contributed by atoms with Gasteiger partial charge in [0.2, 0.25) is 5.91 Å². The van der Waals surface area contributed by atoms with Gasteiger partial charge in [0.25, 0.3) is 0 Å². The average molecular weight is 387 g/mol. The number of fused-ring (bicyclic) bond motifs is 1. The molecule has 6 heteroatoms. The van der Waals surface area contributed by atoms with Crippen LogP contribution in [0.5, 0.6) is 0 Å². The van der Waals surface area contributed by atoms with Gasteiger partial charge in [-0.1, -0.05) is 30.3 Å². The molecule has 3 aromatic rings. The highest BCUT2D eigenvalue weighted by Crippen LogP contribution is 2.28. The Morgan fingerprint density at radius 3 is 2.62 bits per heavy atom. The second kappa shape index (κ2) is 8.04. The Hall–Kier alpha value is -3.20. The van der Waals surface area contributed by atoms with E-state index in [4.69, 9.17) is 0 Å². The molecule has 2 aromatic heterocycles. The van der Waals surface area contributed by atoms with E-state index in [-0.39, 0.29) is 5.91 Å². The lowest BCUT2D eigenvalue weighted by atomic mass is 9.89. The van der Waals surface area contributed by atoms with E-state index in [1.807, 2.05) is 24.8 Å². The molecule has 0 radical (unpaired) electrons. The summed E-state index contributed by atoms with van der Waals surface area (Å²) in [4.78, 5) is 19.3. The van der Waals surface area contributed by atoms with Gasteiger partial charge in [-0.05, 0) is 50.2 Å². The molecule has 4 rings (SSSR count). The van der Waals surface area contributed by atoms with Crippen LogP contribution in [0.3, 0.4) is 0 Å². The van der Waals surface area contributed by atoms with Gasteiger partial charge in [0.15, 0.2) is 5.65 Å². The maximum absolute atomic E-state index is 12.8. The van der Waals surface area contributed by atoms with Crippen LogP contribution in [0.2, 0.25) is 0 Å². The van der Waals surface area contributed by atoms with Crippen molar-refractivity contribution in [1.29, 1.82) is 5.26 Å². The third kappa shape index (κ3) is 3.73. The Bertz CT molecular complexity index is 1070. The predicted octanol–water partition coefficient (Wildman–Crippen LogP) is 3.56. The molecule has 0 spiro atoms. The second-order valence-corrected chi connectivity index (χ2v) is 7.73. The second-order valence-electron chi connectivity index (χ2n) is 7.73. The Balaban J connectivity index is 1.40. The largest absolute Gasteiger partial charge is 0.343 e. The fourth-order valence-electron chi connectivity index (χ4n) is 4.33. The van der Waals surface area contributed by atoms with Crippen LogP contribution in [-0.2, 0) is 11.2 Å². The molecule has 1 fully saturated rings. The highest BCUT2D eigenvalue weighted by molar-refractivity contribution is 5.76. The zero-order chi connectivity index (χ0) is 20.4. The number of carbonyl (C=O) groups is 1. The molecule has 1 aliphatic heterocycles. The van der Waals surface area contributed by atoms with Gasteiger partial charge in [0.05, 0.1) is 6.20 Å². The molecule has 148 valence electrons. The van der Waals surface area contributed by atoms with Crippen molar-refractivity contribution in [3.05, 3.63) is 64.6 Å². The third-order valence-electron chi connectivity index (χ3n) is 6.04. The van der Waals surface area contributed by atoms with E-state index in [9.17, 15) is 10.1 Å². The summed E-state index contributed by atoms with van der Waals surface area (Å²) in [6, 6.07) is 12.7. The number of hydrogen-bond acceptors (Lipinski definition) is 4. The fourth-order valence-corrected chi connectivity index (χ4v) is 4.33. The van der Waals surface area contributed by atoms with Gasteiger partial charge >= 0.3 is 0 Å². The Morgan fingerprint density at radius 2 is 1.93 bits per heavy atom. The maximum Gasteiger partial charge on any atom is 0.222 e. The van der Waals surface area contributed by atoms with Crippen molar-refractivity contribution in [2.75, 3.05) is 13.1 Å². The van der Waals surface area contributed by atoms with Crippen molar-refractivity contribution in [3.8, 4) is 6.07 Å². The Morgan fingerprint density at radius 1 is 1.21 bits per heavy atom. The van der Waals surface area contributed by atoms with Gasteiger partial charge in [-0.15, -0.1) is 0 Å². The van der Waals surface area contributed by atoms with Crippen LogP contribution < -0.4 is 0 Å². The normalized spacial score (nSPS) is 14.9. The van der Waals surface area contributed by atoms with E-state index in [0.717, 1.165) is 42.9 Å². The van der Waals surface area contributed by atoms with E-state index in [1.54, 1.807) is 10.7 Å². The van der Waals surface area contributed by atoms with Crippen LogP contribution in [0.15, 0.2) is 36.5 Å². The molecule has 0 bridgehead atoms. The minimum atomic E-state index is 0.202. The molecular weight excluding hydrogens is 362 g/mol. The monoisotopic (exact) mass is 387 g/mol. The number of piperidine rings is 1. The first-order valence-corrected chi connectivity index (χ1v) is 10.1. The van der Waals surface area contributed by atoms with Gasteiger partial charge in [0, 0.05) is 30.9 Å². The maximum atomic E-state index is 12.8. The third-order valence-corrected chi connectivity index (χ3v) is 6.04. The summed E-state index contributed by atoms with van der Waals surface area (Å²) in [5.74, 6) is 0.749. The number of amides is 1. The smallest absolute Gasteiger partial charge is 0.222 e. The lowest BCUT2D eigenvalue weighted by Gasteiger charge is -2.32. The molecule has 3 heterocycles. The Labute approximate surface area is 170 Å². The molecule has 0 atom stereocenters. The number of likely N-dealkylation sites (tertiary alicyclic amines) is 1. The van der Waals surface area contributed by atoms with Crippen molar-refractivity contribution in [2.45, 2.75) is 45.4 Å². The number of aryl methyl sites for hydroxylation is 2. The summed E-state index contributed by atoms with van der Waals surface area (Å²) in [7, 11) is 0. The quantitative estimate of drug-likeness (QED) is 0.686. The summed E-state index contributed by atoms with van der Waals surface area (Å²) < 4.78 is 1.71. The number of hydrogen-bond donors (Lipinski definition) is 0. The van der Waals surface area contributed by atoms with Crippen molar-refractivity contribution in [2.24, 2.45) is 0 Å². The van der Waals surface area contributed by atoms with Crippen molar-refractivity contribution < 1.29 is 4.79 Å². The predicted molar refractivity (Wildman–Crippen MR) is 110 cm³/mol. The molecule has 1 saturated heterocycles. The van der Waals surface area contributed by atoms with Crippen LogP contribution in [-0.4, -0.2) is 38.5 Å². The van der Waals surface area contributed by atoms with Crippen LogP contribution in [0, 0.1) is 25.2 Å². The van der Waals surface area contributed by atoms with Crippen LogP contribution in [0.1, 0.15) is 53.3 Å². The van der Waals surface area contributed by atoms with Gasteiger partial charge in [0.1, 0.15) is 11.6 Å². The molecule has 0 aliphatic carbocycles. The Kier molecular flexibility index (Phi) is 5.30. The highest BCUT2D eigenvalue weighted by Gasteiger charge is 2.24. The summed E-state index contributed by atoms with van der Waals surface area (Å²) >= 11 is 0. The molecule has 1 aliphatic rings. The number of rotatable bonds is 4. The summed E-state index contributed by atoms with van der Waals surface area (Å²) in [6.07, 6.45) is 4.69. The number of nitriles is 1. The molecule has 0 N–H and O–H groups in total. The number of benzene rings is 1. The number of aromatic nitrogens is 3. The van der Waals surface area contributed by atoms with Crippen molar-refractivity contribution in [1.82, 2.24) is 19.5 Å². The minimum absolute atomic E-state index is 0.202. The standard InChI is InChI=1S/C23H25N5O/c1-16-21(17(2)28-23(26-16)20(14-24)15-25-28)8-9-22(29)27-12-10-19(11-13-27)18-6-4-3-5-7-18/h3-7,15,19H,8-13H2,1-2H3. The van der Waals surface area contributed by atoms with Gasteiger partial charge < -0.3 is 4.90 Å². The first-order chi connectivity index (χ1) is 14.1. The van der Waals surface area contributed by atoms with Gasteiger partial charge in [-0.2, -0.15) is 10.4 Å². The lowest BCUT2D eigenvalue weighted by molar-refractivity contribution is -0.132. The van der Waals surface area contributed by atoms with Gasteiger partial charge in [-0.3, -0.25) is 4.79 Å². The molecular formula is C23H25N5O. The topological polar surface area (TPSA) is 74.3 Å². The fraction of sp³-hybridized carbons (Fsp3) is 0.391. The molecule has 1 aromatic carbocycles. The number of nitrogens with zero attached hydrogens (tertiary/aromatic N) is 5. The molecule has 6 nitrogen and oxygen atoms in total. The van der Waals surface area contributed by atoms with Crippen LogP contribution in [0.4, 0.5) is 0 Å². The summed E-state index contributed by atoms with van der Waals surface area (Å²) in [6.45, 7) is 5.55. The van der Waals surface area contributed by atoms with Crippen molar-refractivity contribution in [3.63, 3.8) is 0 Å². The minimum Gasteiger partial charge on any atom is -0.343 e. The number of carbonyl (C=O) groups excluding carboxylic acids is 1. The van der Waals surface area contributed by atoms with E-state index in [2.05, 4.69) is 40.4 Å². The molecule has 0 unspecified atom stereocenters. The summed E-state index contributed by atoms with van der Waals surface area (Å²) in [5, 5.41) is 13.5. The van der Waals surface area contributed by atoms with E-state index in [1.165, 1.54) is 5.56 Å². The SMILES string of the molecule is Cc1nc2c(C#N)cnn2c(C)c1CCC(=O)N1CCC(c2ccccc2)CC1. The first-order valence-electron chi connectivity index (χ1n) is 10.1. The zero-order valence-corrected chi connectivity index (χ0v) is 16.9. The van der Waals surface area contributed by atoms with Crippen LogP contribution in [0.25, 0.3) is 5.65 Å². The lowest BCUT2D eigenvalue weighted by Crippen LogP contribution is -2.38. The average Bonchev–Trinajstić information content (AvgIpc) is 3.17. The zero-order valence-electron chi connectivity index (χ0n) is 16.9. The molecule has 1 amide bonds. The first kappa shape index (κ1) is 19.1. The van der Waals surface area contributed by atoms with Crippen molar-refractivity contribution >= 4 is 11.6 Å². The highest BCUT2D eigenvalue weighted by atomic mass is 16.2. The molecule has 0 saturated carbocycles. The van der Waals surface area contributed by atoms with E-state index in [0.29, 0.717) is 30.0 Å².